The van der Waals surface area contributed by atoms with Gasteiger partial charge in [0.1, 0.15) is 6.04 Å². The van der Waals surface area contributed by atoms with Crippen molar-refractivity contribution in [2.24, 2.45) is 0 Å². The van der Waals surface area contributed by atoms with E-state index in [2.05, 4.69) is 17.4 Å². The molecule has 0 aliphatic carbocycles. The summed E-state index contributed by atoms with van der Waals surface area (Å²) in [5, 5.41) is 6.18. The van der Waals surface area contributed by atoms with Crippen LogP contribution in [0, 0.1) is 0 Å². The van der Waals surface area contributed by atoms with Gasteiger partial charge in [0.15, 0.2) is 6.54 Å². The number of hydrogen-bond acceptors (Lipinski definition) is 1. The highest BCUT2D eigenvalue weighted by molar-refractivity contribution is 6.35. The minimum atomic E-state index is 0.0417. The zero-order valence-electron chi connectivity index (χ0n) is 13.8. The zero-order valence-corrected chi connectivity index (χ0v) is 15.3. The summed E-state index contributed by atoms with van der Waals surface area (Å²) in [6, 6.07) is 15.8. The lowest BCUT2D eigenvalue weighted by atomic mass is 10.1. The molecule has 2 aromatic rings. The number of hydrogen-bond donors (Lipinski definition) is 2. The number of aryl methyl sites for hydroxylation is 1. The summed E-state index contributed by atoms with van der Waals surface area (Å²) < 4.78 is 0. The van der Waals surface area contributed by atoms with Crippen LogP contribution in [0.25, 0.3) is 0 Å². The second-order valence-corrected chi connectivity index (χ2v) is 6.68. The number of nitrogens with two attached hydrogens (primary N) is 1. The van der Waals surface area contributed by atoms with Gasteiger partial charge in [-0.15, -0.1) is 0 Å². The number of carbonyl (C=O) groups is 1. The third-order valence-corrected chi connectivity index (χ3v) is 4.48. The SMILES string of the molecule is C[C@@H]([NH2+]CC(=O)NCCCc1ccccc1)c1ccc(Cl)cc1Cl. The van der Waals surface area contributed by atoms with E-state index in [1.807, 2.05) is 42.6 Å². The molecule has 0 unspecified atom stereocenters. The van der Waals surface area contributed by atoms with E-state index in [9.17, 15) is 4.79 Å². The summed E-state index contributed by atoms with van der Waals surface area (Å²) in [6.07, 6.45) is 1.91. The largest absolute Gasteiger partial charge is 0.351 e. The molecular formula is C19H23Cl2N2O+. The standard InChI is InChI=1S/C19H22Cl2N2O/c1-14(17-10-9-16(20)12-18(17)21)23-13-19(24)22-11-5-8-15-6-3-2-4-7-15/h2-4,6-7,9-10,12,14,23H,5,8,11,13H2,1H3,(H,22,24)/p+1/t14-/m1/s1. The fourth-order valence-corrected chi connectivity index (χ4v) is 3.10. The van der Waals surface area contributed by atoms with Crippen LogP contribution in [-0.4, -0.2) is 19.0 Å². The molecular weight excluding hydrogens is 343 g/mol. The number of carbonyl (C=O) groups excluding carboxylic acids is 1. The molecule has 1 amide bonds. The Balaban J connectivity index is 1.67. The van der Waals surface area contributed by atoms with Crippen LogP contribution in [0.5, 0.6) is 0 Å². The summed E-state index contributed by atoms with van der Waals surface area (Å²) in [4.78, 5) is 11.9. The number of benzene rings is 2. The normalized spacial score (nSPS) is 12.0. The summed E-state index contributed by atoms with van der Waals surface area (Å²) in [5.41, 5.74) is 2.28. The Bertz CT molecular complexity index is 662. The molecule has 2 aromatic carbocycles. The Hall–Kier alpha value is -1.55. The van der Waals surface area contributed by atoms with Crippen LogP contribution in [0.1, 0.15) is 30.5 Å². The van der Waals surface area contributed by atoms with Gasteiger partial charge in [0.2, 0.25) is 0 Å². The van der Waals surface area contributed by atoms with E-state index >= 15 is 0 Å². The topological polar surface area (TPSA) is 45.7 Å². The molecule has 0 saturated heterocycles. The fraction of sp³-hybridized carbons (Fsp3) is 0.316. The maximum Gasteiger partial charge on any atom is 0.275 e. The number of rotatable bonds is 8. The maximum absolute atomic E-state index is 11.9. The Labute approximate surface area is 153 Å². The van der Waals surface area contributed by atoms with Gasteiger partial charge in [-0.1, -0.05) is 59.6 Å². The van der Waals surface area contributed by atoms with E-state index in [1.165, 1.54) is 5.56 Å². The van der Waals surface area contributed by atoms with Gasteiger partial charge in [-0.05, 0) is 37.5 Å². The number of nitrogens with one attached hydrogen (secondary N) is 1. The lowest BCUT2D eigenvalue weighted by Gasteiger charge is -2.13. The van der Waals surface area contributed by atoms with Crippen molar-refractivity contribution in [1.82, 2.24) is 5.32 Å². The molecule has 24 heavy (non-hydrogen) atoms. The molecule has 0 heterocycles. The van der Waals surface area contributed by atoms with Gasteiger partial charge < -0.3 is 10.6 Å². The predicted molar refractivity (Wildman–Crippen MR) is 99.4 cm³/mol. The molecule has 0 fully saturated rings. The van der Waals surface area contributed by atoms with Crippen molar-refractivity contribution < 1.29 is 10.1 Å². The second kappa shape index (κ2) is 9.67. The van der Waals surface area contributed by atoms with Crippen LogP contribution in [0.4, 0.5) is 0 Å². The number of amides is 1. The van der Waals surface area contributed by atoms with E-state index in [0.717, 1.165) is 18.4 Å². The Morgan fingerprint density at radius 2 is 1.92 bits per heavy atom. The third-order valence-electron chi connectivity index (χ3n) is 3.92. The van der Waals surface area contributed by atoms with E-state index in [-0.39, 0.29) is 11.9 Å². The molecule has 0 aliphatic rings. The van der Waals surface area contributed by atoms with Gasteiger partial charge in [0.25, 0.3) is 5.91 Å². The van der Waals surface area contributed by atoms with Crippen LogP contribution in [0.2, 0.25) is 10.0 Å². The van der Waals surface area contributed by atoms with E-state index < -0.39 is 0 Å². The molecule has 2 rings (SSSR count). The Kier molecular flexibility index (Phi) is 7.57. The highest BCUT2D eigenvalue weighted by atomic mass is 35.5. The molecule has 5 heteroatoms. The first-order chi connectivity index (χ1) is 11.6. The molecule has 0 aromatic heterocycles. The van der Waals surface area contributed by atoms with Crippen LogP contribution < -0.4 is 10.6 Å². The van der Waals surface area contributed by atoms with Crippen molar-refractivity contribution in [2.75, 3.05) is 13.1 Å². The van der Waals surface area contributed by atoms with Crippen LogP contribution in [-0.2, 0) is 11.2 Å². The molecule has 128 valence electrons. The van der Waals surface area contributed by atoms with Crippen LogP contribution in [0.15, 0.2) is 48.5 Å². The molecule has 0 aliphatic heterocycles. The van der Waals surface area contributed by atoms with Crippen molar-refractivity contribution in [1.29, 1.82) is 0 Å². The highest BCUT2D eigenvalue weighted by Gasteiger charge is 2.14. The van der Waals surface area contributed by atoms with E-state index in [1.54, 1.807) is 6.07 Å². The molecule has 0 saturated carbocycles. The van der Waals surface area contributed by atoms with E-state index in [4.69, 9.17) is 23.2 Å². The minimum Gasteiger partial charge on any atom is -0.351 e. The average molecular weight is 366 g/mol. The van der Waals surface area contributed by atoms with Gasteiger partial charge in [-0.3, -0.25) is 4.79 Å². The van der Waals surface area contributed by atoms with Crippen molar-refractivity contribution >= 4 is 29.1 Å². The third kappa shape index (κ3) is 6.16. The number of quaternary nitrogens is 1. The van der Waals surface area contributed by atoms with Crippen molar-refractivity contribution in [3.8, 4) is 0 Å². The van der Waals surface area contributed by atoms with Crippen molar-refractivity contribution in [3.05, 3.63) is 69.7 Å². The van der Waals surface area contributed by atoms with E-state index in [0.29, 0.717) is 23.1 Å². The maximum atomic E-state index is 11.9. The zero-order chi connectivity index (χ0) is 17.4. The molecule has 3 N–H and O–H groups in total. The molecule has 0 radical (unpaired) electrons. The summed E-state index contributed by atoms with van der Waals surface area (Å²) in [7, 11) is 0. The number of halogens is 2. The van der Waals surface area contributed by atoms with Gasteiger partial charge in [0, 0.05) is 17.1 Å². The van der Waals surface area contributed by atoms with Gasteiger partial charge >= 0.3 is 0 Å². The molecule has 0 bridgehead atoms. The van der Waals surface area contributed by atoms with Gasteiger partial charge in [0.05, 0.1) is 5.02 Å². The quantitative estimate of drug-likeness (QED) is 0.692. The minimum absolute atomic E-state index is 0.0417. The second-order valence-electron chi connectivity index (χ2n) is 5.83. The summed E-state index contributed by atoms with van der Waals surface area (Å²) in [6.45, 7) is 3.10. The monoisotopic (exact) mass is 365 g/mol. The van der Waals surface area contributed by atoms with Crippen molar-refractivity contribution in [2.45, 2.75) is 25.8 Å². The highest BCUT2D eigenvalue weighted by Crippen LogP contribution is 2.24. The molecule has 3 nitrogen and oxygen atoms in total. The first-order valence-corrected chi connectivity index (χ1v) is 8.91. The summed E-state index contributed by atoms with van der Waals surface area (Å²) in [5.74, 6) is 0.0417. The Morgan fingerprint density at radius 1 is 1.17 bits per heavy atom. The fourth-order valence-electron chi connectivity index (χ4n) is 2.52. The lowest BCUT2D eigenvalue weighted by molar-refractivity contribution is -0.682. The smallest absolute Gasteiger partial charge is 0.275 e. The van der Waals surface area contributed by atoms with Crippen molar-refractivity contribution in [3.63, 3.8) is 0 Å². The lowest BCUT2D eigenvalue weighted by Crippen LogP contribution is -2.87. The Morgan fingerprint density at radius 3 is 2.62 bits per heavy atom. The first-order valence-electron chi connectivity index (χ1n) is 8.15. The van der Waals surface area contributed by atoms with Crippen LogP contribution in [0.3, 0.4) is 0 Å². The average Bonchev–Trinajstić information content (AvgIpc) is 2.57. The van der Waals surface area contributed by atoms with Gasteiger partial charge in [-0.2, -0.15) is 0 Å². The van der Waals surface area contributed by atoms with Gasteiger partial charge in [-0.25, -0.2) is 0 Å². The molecule has 0 spiro atoms. The van der Waals surface area contributed by atoms with Crippen LogP contribution >= 0.6 is 23.2 Å². The predicted octanol–water partition coefficient (Wildman–Crippen LogP) is 3.37. The summed E-state index contributed by atoms with van der Waals surface area (Å²) >= 11 is 12.1. The first kappa shape index (κ1) is 18.8. The molecule has 1 atom stereocenters.